The Balaban J connectivity index is 2.25. The summed E-state index contributed by atoms with van der Waals surface area (Å²) >= 11 is 0. The number of hydrogen-bond donors (Lipinski definition) is 1. The Bertz CT molecular complexity index is 473. The molecule has 0 saturated heterocycles. The number of aryl methyl sites for hydroxylation is 2. The van der Waals surface area contributed by atoms with E-state index in [0.717, 1.165) is 16.8 Å². The van der Waals surface area contributed by atoms with E-state index in [1.54, 1.807) is 4.68 Å². The molecule has 0 aliphatic carbocycles. The molecule has 0 amide bonds. The predicted molar refractivity (Wildman–Crippen MR) is 59.5 cm³/mol. The number of pyridine rings is 1. The van der Waals surface area contributed by atoms with E-state index in [-0.39, 0.29) is 0 Å². The summed E-state index contributed by atoms with van der Waals surface area (Å²) in [6.45, 7) is 4.63. The fourth-order valence-electron chi connectivity index (χ4n) is 1.57. The van der Waals surface area contributed by atoms with Crippen LogP contribution in [0.4, 0.5) is 5.82 Å². The number of nitrogens with zero attached hydrogens (tertiary/aromatic N) is 3. The lowest BCUT2D eigenvalue weighted by molar-refractivity contribution is 0.687. The van der Waals surface area contributed by atoms with E-state index in [9.17, 15) is 0 Å². The van der Waals surface area contributed by atoms with Gasteiger partial charge in [0.2, 0.25) is 0 Å². The molecule has 15 heavy (non-hydrogen) atoms. The van der Waals surface area contributed by atoms with Gasteiger partial charge in [-0.1, -0.05) is 6.07 Å². The molecular weight excluding hydrogens is 188 g/mol. The molecule has 0 bridgehead atoms. The van der Waals surface area contributed by atoms with Crippen molar-refractivity contribution in [3.05, 3.63) is 41.3 Å². The number of hydrogen-bond acceptors (Lipinski definition) is 3. The van der Waals surface area contributed by atoms with E-state index < -0.39 is 0 Å². The molecule has 0 aromatic carbocycles. The zero-order valence-electron chi connectivity index (χ0n) is 8.94. The number of rotatable bonds is 2. The highest BCUT2D eigenvalue weighted by Gasteiger charge is 2.02. The number of nitrogen functional groups attached to an aromatic ring is 1. The van der Waals surface area contributed by atoms with Gasteiger partial charge in [0, 0.05) is 18.5 Å². The van der Waals surface area contributed by atoms with Crippen molar-refractivity contribution in [2.75, 3.05) is 5.73 Å². The van der Waals surface area contributed by atoms with Crippen molar-refractivity contribution in [1.29, 1.82) is 0 Å². The molecule has 2 N–H and O–H groups in total. The van der Waals surface area contributed by atoms with E-state index in [2.05, 4.69) is 16.1 Å². The Kier molecular flexibility index (Phi) is 2.41. The van der Waals surface area contributed by atoms with Crippen LogP contribution in [0.2, 0.25) is 0 Å². The van der Waals surface area contributed by atoms with Crippen LogP contribution < -0.4 is 5.73 Å². The van der Waals surface area contributed by atoms with Crippen LogP contribution >= 0.6 is 0 Å². The van der Waals surface area contributed by atoms with Gasteiger partial charge >= 0.3 is 0 Å². The summed E-state index contributed by atoms with van der Waals surface area (Å²) in [6, 6.07) is 3.95. The second-order valence-electron chi connectivity index (χ2n) is 3.74. The smallest absolute Gasteiger partial charge is 0.122 e. The molecule has 78 valence electrons. The Hall–Kier alpha value is -1.84. The molecule has 4 heteroatoms. The van der Waals surface area contributed by atoms with Crippen molar-refractivity contribution in [3.8, 4) is 0 Å². The second-order valence-corrected chi connectivity index (χ2v) is 3.74. The fraction of sp³-hybridized carbons (Fsp3) is 0.273. The third-order valence-electron chi connectivity index (χ3n) is 2.20. The molecule has 0 spiro atoms. The normalized spacial score (nSPS) is 10.5. The van der Waals surface area contributed by atoms with Gasteiger partial charge in [-0.15, -0.1) is 0 Å². The minimum absolute atomic E-state index is 0.675. The van der Waals surface area contributed by atoms with E-state index in [0.29, 0.717) is 12.4 Å². The first-order chi connectivity index (χ1) is 7.15. The monoisotopic (exact) mass is 202 g/mol. The van der Waals surface area contributed by atoms with Gasteiger partial charge in [-0.3, -0.25) is 4.98 Å². The molecule has 2 rings (SSSR count). The maximum Gasteiger partial charge on any atom is 0.122 e. The van der Waals surface area contributed by atoms with Crippen molar-refractivity contribution in [2.45, 2.75) is 20.4 Å². The van der Waals surface area contributed by atoms with Gasteiger partial charge in [0.05, 0.1) is 12.2 Å². The van der Waals surface area contributed by atoms with E-state index in [1.165, 1.54) is 0 Å². The van der Waals surface area contributed by atoms with Crippen molar-refractivity contribution >= 4 is 5.82 Å². The first-order valence-electron chi connectivity index (χ1n) is 4.85. The molecular formula is C11H14N4. The third kappa shape index (κ3) is 2.15. The van der Waals surface area contributed by atoms with Crippen LogP contribution in [-0.2, 0) is 6.54 Å². The third-order valence-corrected chi connectivity index (χ3v) is 2.20. The van der Waals surface area contributed by atoms with Crippen LogP contribution in [0.15, 0.2) is 24.5 Å². The minimum Gasteiger partial charge on any atom is -0.384 e. The first-order valence-corrected chi connectivity index (χ1v) is 4.85. The Labute approximate surface area is 88.8 Å². The van der Waals surface area contributed by atoms with Gasteiger partial charge in [-0.25, -0.2) is 4.68 Å². The lowest BCUT2D eigenvalue weighted by atomic mass is 10.2. The van der Waals surface area contributed by atoms with Crippen molar-refractivity contribution in [3.63, 3.8) is 0 Å². The Morgan fingerprint density at radius 3 is 2.67 bits per heavy atom. The first kappa shape index (κ1) is 9.71. The standard InChI is InChI=1S/C11H14N4/c1-8-3-10(6-13-5-8)7-15-11(12)4-9(2)14-15/h3-6H,7,12H2,1-2H3. The molecule has 0 unspecified atom stereocenters. The average Bonchev–Trinajstić information content (AvgIpc) is 2.45. The summed E-state index contributed by atoms with van der Waals surface area (Å²) in [4.78, 5) is 4.13. The van der Waals surface area contributed by atoms with Crippen molar-refractivity contribution in [2.24, 2.45) is 0 Å². The zero-order chi connectivity index (χ0) is 10.8. The van der Waals surface area contributed by atoms with Crippen LogP contribution in [0.5, 0.6) is 0 Å². The molecule has 0 saturated carbocycles. The number of anilines is 1. The second kappa shape index (κ2) is 3.73. The summed E-state index contributed by atoms with van der Waals surface area (Å²) in [5, 5.41) is 4.30. The summed E-state index contributed by atoms with van der Waals surface area (Å²) in [5.74, 6) is 0.689. The molecule has 0 fully saturated rings. The zero-order valence-corrected chi connectivity index (χ0v) is 8.94. The largest absolute Gasteiger partial charge is 0.384 e. The van der Waals surface area contributed by atoms with Gasteiger partial charge in [0.25, 0.3) is 0 Å². The van der Waals surface area contributed by atoms with Gasteiger partial charge in [-0.2, -0.15) is 5.10 Å². The predicted octanol–water partition coefficient (Wildman–Crippen LogP) is 1.53. The van der Waals surface area contributed by atoms with Gasteiger partial charge in [0.1, 0.15) is 5.82 Å². The molecule has 0 radical (unpaired) electrons. The molecule has 0 aliphatic rings. The van der Waals surface area contributed by atoms with E-state index >= 15 is 0 Å². The van der Waals surface area contributed by atoms with E-state index in [1.807, 2.05) is 32.3 Å². The Morgan fingerprint density at radius 2 is 2.07 bits per heavy atom. The maximum absolute atomic E-state index is 5.81. The molecule has 2 aromatic rings. The van der Waals surface area contributed by atoms with E-state index in [4.69, 9.17) is 5.73 Å². The van der Waals surface area contributed by atoms with Gasteiger partial charge < -0.3 is 5.73 Å². The van der Waals surface area contributed by atoms with Crippen molar-refractivity contribution in [1.82, 2.24) is 14.8 Å². The summed E-state index contributed by atoms with van der Waals surface area (Å²) in [7, 11) is 0. The quantitative estimate of drug-likeness (QED) is 0.803. The van der Waals surface area contributed by atoms with Crippen LogP contribution in [-0.4, -0.2) is 14.8 Å². The van der Waals surface area contributed by atoms with Crippen LogP contribution in [0.25, 0.3) is 0 Å². The lowest BCUT2D eigenvalue weighted by Gasteiger charge is -2.04. The molecule has 0 aliphatic heterocycles. The lowest BCUT2D eigenvalue weighted by Crippen LogP contribution is -2.06. The topological polar surface area (TPSA) is 56.7 Å². The number of aromatic nitrogens is 3. The highest BCUT2D eigenvalue weighted by molar-refractivity contribution is 5.31. The molecule has 2 heterocycles. The SMILES string of the molecule is Cc1cncc(Cn2nc(C)cc2N)c1. The molecule has 4 nitrogen and oxygen atoms in total. The molecule has 0 atom stereocenters. The van der Waals surface area contributed by atoms with Crippen LogP contribution in [0.3, 0.4) is 0 Å². The summed E-state index contributed by atoms with van der Waals surface area (Å²) < 4.78 is 1.78. The van der Waals surface area contributed by atoms with Gasteiger partial charge in [0.15, 0.2) is 0 Å². The van der Waals surface area contributed by atoms with Crippen molar-refractivity contribution < 1.29 is 0 Å². The maximum atomic E-state index is 5.81. The summed E-state index contributed by atoms with van der Waals surface area (Å²) in [5.41, 5.74) is 9.01. The Morgan fingerprint density at radius 1 is 1.27 bits per heavy atom. The summed E-state index contributed by atoms with van der Waals surface area (Å²) in [6.07, 6.45) is 3.67. The van der Waals surface area contributed by atoms with Gasteiger partial charge in [-0.05, 0) is 25.0 Å². The highest BCUT2D eigenvalue weighted by atomic mass is 15.3. The van der Waals surface area contributed by atoms with Crippen LogP contribution in [0.1, 0.15) is 16.8 Å². The minimum atomic E-state index is 0.675. The van der Waals surface area contributed by atoms with Crippen LogP contribution in [0, 0.1) is 13.8 Å². The average molecular weight is 202 g/mol. The number of nitrogens with two attached hydrogens (primary N) is 1. The molecule has 2 aromatic heterocycles. The fourth-order valence-corrected chi connectivity index (χ4v) is 1.57. The highest BCUT2D eigenvalue weighted by Crippen LogP contribution is 2.09.